The number of carbonyl (C=O) groups is 1. The van der Waals surface area contributed by atoms with E-state index in [1.54, 1.807) is 20.8 Å². The normalized spacial score (nSPS) is 13.9. The molecule has 0 spiro atoms. The highest BCUT2D eigenvalue weighted by Gasteiger charge is 2.29. The van der Waals surface area contributed by atoms with E-state index in [-0.39, 0.29) is 0 Å². The number of halogens is 1. The van der Waals surface area contributed by atoms with Crippen molar-refractivity contribution in [3.63, 3.8) is 0 Å². The van der Waals surface area contributed by atoms with E-state index in [2.05, 4.69) is 0 Å². The van der Waals surface area contributed by atoms with Crippen LogP contribution in [0.2, 0.25) is 0 Å². The minimum absolute atomic E-state index is 0.657. The number of hydrogen-bond donors (Lipinski definition) is 0. The van der Waals surface area contributed by atoms with Gasteiger partial charge in [0.05, 0.1) is 0 Å². The first-order chi connectivity index (χ1) is 4.39. The lowest BCUT2D eigenvalue weighted by Gasteiger charge is -2.15. The first-order valence-electron chi connectivity index (χ1n) is 2.97. The molecule has 3 heteroatoms. The fourth-order valence-corrected chi connectivity index (χ4v) is 0.439. The van der Waals surface area contributed by atoms with E-state index in [1.165, 1.54) is 6.07 Å². The summed E-state index contributed by atoms with van der Waals surface area (Å²) in [5.74, 6) is -0.657. The molecule has 0 aliphatic heterocycles. The minimum Gasteiger partial charge on any atom is -0.295 e. The molecule has 0 aromatic carbocycles. The Kier molecular flexibility index (Phi) is 2.53. The standard InChI is InChI=1S/C7H10FNO/c1-7(2,3)6(10)5(8)4-9/h5H,1-3H3. The Morgan fingerprint density at radius 2 is 2.00 bits per heavy atom. The summed E-state index contributed by atoms with van der Waals surface area (Å²) in [7, 11) is 0. The summed E-state index contributed by atoms with van der Waals surface area (Å²) in [6.07, 6.45) is -1.97. The second-order valence-corrected chi connectivity index (χ2v) is 3.11. The molecular weight excluding hydrogens is 133 g/mol. The SMILES string of the molecule is CC(C)(C)C(=O)C(F)C#N. The van der Waals surface area contributed by atoms with Crippen molar-refractivity contribution < 1.29 is 9.18 Å². The molecule has 0 amide bonds. The van der Waals surface area contributed by atoms with Gasteiger partial charge in [-0.1, -0.05) is 20.8 Å². The first kappa shape index (κ1) is 9.09. The predicted octanol–water partition coefficient (Wildman–Crippen LogP) is 1.46. The molecule has 0 rings (SSSR count). The van der Waals surface area contributed by atoms with Gasteiger partial charge in [0.1, 0.15) is 6.07 Å². The van der Waals surface area contributed by atoms with E-state index in [0.29, 0.717) is 0 Å². The van der Waals surface area contributed by atoms with Crippen LogP contribution in [0.15, 0.2) is 0 Å². The monoisotopic (exact) mass is 143 g/mol. The summed E-state index contributed by atoms with van der Waals surface area (Å²) in [4.78, 5) is 10.8. The summed E-state index contributed by atoms with van der Waals surface area (Å²) in [6.45, 7) is 4.75. The van der Waals surface area contributed by atoms with Crippen molar-refractivity contribution in [2.75, 3.05) is 0 Å². The fourth-order valence-electron chi connectivity index (χ4n) is 0.439. The summed E-state index contributed by atoms with van der Waals surface area (Å²) in [6, 6.07) is 1.26. The number of hydrogen-bond acceptors (Lipinski definition) is 2. The molecule has 10 heavy (non-hydrogen) atoms. The molecule has 0 aliphatic rings. The largest absolute Gasteiger partial charge is 0.295 e. The zero-order valence-electron chi connectivity index (χ0n) is 6.31. The van der Waals surface area contributed by atoms with Crippen molar-refractivity contribution in [3.05, 3.63) is 0 Å². The van der Waals surface area contributed by atoms with Crippen molar-refractivity contribution in [3.8, 4) is 6.07 Å². The zero-order chi connectivity index (χ0) is 8.36. The number of Topliss-reactive ketones (excluding diaryl/α,β-unsaturated/α-hetero) is 1. The molecule has 56 valence electrons. The Morgan fingerprint density at radius 3 is 2.10 bits per heavy atom. The summed E-state index contributed by atoms with van der Waals surface area (Å²) in [5, 5.41) is 8.02. The Labute approximate surface area is 59.6 Å². The van der Waals surface area contributed by atoms with E-state index in [1.807, 2.05) is 0 Å². The lowest BCUT2D eigenvalue weighted by atomic mass is 9.88. The third kappa shape index (κ3) is 2.14. The van der Waals surface area contributed by atoms with Gasteiger partial charge in [0.2, 0.25) is 6.17 Å². The molecule has 0 aromatic heterocycles. The van der Waals surface area contributed by atoms with Gasteiger partial charge in [0.25, 0.3) is 0 Å². The lowest BCUT2D eigenvalue weighted by Crippen LogP contribution is -2.28. The minimum atomic E-state index is -1.97. The van der Waals surface area contributed by atoms with Crippen LogP contribution in [0.3, 0.4) is 0 Å². The maximum atomic E-state index is 12.3. The van der Waals surface area contributed by atoms with Crippen LogP contribution < -0.4 is 0 Å². The third-order valence-electron chi connectivity index (χ3n) is 1.08. The summed E-state index contributed by atoms with van der Waals surface area (Å²) < 4.78 is 12.3. The number of alkyl halides is 1. The van der Waals surface area contributed by atoms with E-state index < -0.39 is 17.4 Å². The van der Waals surface area contributed by atoms with Gasteiger partial charge >= 0.3 is 0 Å². The molecule has 0 aromatic rings. The third-order valence-corrected chi connectivity index (χ3v) is 1.08. The van der Waals surface area contributed by atoms with Gasteiger partial charge in [-0.05, 0) is 0 Å². The summed E-state index contributed by atoms with van der Waals surface area (Å²) >= 11 is 0. The molecule has 0 saturated carbocycles. The molecule has 1 unspecified atom stereocenters. The molecule has 0 N–H and O–H groups in total. The zero-order valence-corrected chi connectivity index (χ0v) is 6.31. The second kappa shape index (κ2) is 2.78. The maximum Gasteiger partial charge on any atom is 0.244 e. The number of rotatable bonds is 1. The molecule has 1 atom stereocenters. The van der Waals surface area contributed by atoms with Crippen LogP contribution in [-0.2, 0) is 4.79 Å². The molecule has 0 aliphatic carbocycles. The molecule has 0 radical (unpaired) electrons. The van der Waals surface area contributed by atoms with Gasteiger partial charge in [-0.3, -0.25) is 4.79 Å². The smallest absolute Gasteiger partial charge is 0.244 e. The number of carbonyl (C=O) groups excluding carboxylic acids is 1. The molecular formula is C7H10FNO. The Morgan fingerprint density at radius 1 is 1.60 bits per heavy atom. The van der Waals surface area contributed by atoms with Crippen LogP contribution in [0, 0.1) is 16.7 Å². The predicted molar refractivity (Wildman–Crippen MR) is 35.0 cm³/mol. The van der Waals surface area contributed by atoms with Crippen LogP contribution in [0.25, 0.3) is 0 Å². The highest BCUT2D eigenvalue weighted by Crippen LogP contribution is 2.17. The summed E-state index contributed by atoms with van der Waals surface area (Å²) in [5.41, 5.74) is -0.755. The van der Waals surface area contributed by atoms with Gasteiger partial charge in [-0.25, -0.2) is 4.39 Å². The lowest BCUT2D eigenvalue weighted by molar-refractivity contribution is -0.129. The number of nitrogens with zero attached hydrogens (tertiary/aromatic N) is 1. The van der Waals surface area contributed by atoms with Crippen LogP contribution in [0.5, 0.6) is 0 Å². The van der Waals surface area contributed by atoms with Crippen LogP contribution >= 0.6 is 0 Å². The van der Waals surface area contributed by atoms with Gasteiger partial charge in [0, 0.05) is 5.41 Å². The van der Waals surface area contributed by atoms with Gasteiger partial charge in [-0.2, -0.15) is 5.26 Å². The van der Waals surface area contributed by atoms with Gasteiger partial charge < -0.3 is 0 Å². The van der Waals surface area contributed by atoms with Crippen molar-refractivity contribution >= 4 is 5.78 Å². The van der Waals surface area contributed by atoms with Crippen LogP contribution in [0.4, 0.5) is 4.39 Å². The molecule has 0 saturated heterocycles. The van der Waals surface area contributed by atoms with E-state index in [4.69, 9.17) is 5.26 Å². The highest BCUT2D eigenvalue weighted by molar-refractivity contribution is 5.89. The topological polar surface area (TPSA) is 40.9 Å². The highest BCUT2D eigenvalue weighted by atomic mass is 19.1. The average molecular weight is 143 g/mol. The Balaban J connectivity index is 4.27. The first-order valence-corrected chi connectivity index (χ1v) is 2.97. The Hall–Kier alpha value is -0.910. The van der Waals surface area contributed by atoms with Crippen molar-refractivity contribution in [2.45, 2.75) is 26.9 Å². The fraction of sp³-hybridized carbons (Fsp3) is 0.714. The van der Waals surface area contributed by atoms with Crippen molar-refractivity contribution in [1.82, 2.24) is 0 Å². The van der Waals surface area contributed by atoms with Crippen LogP contribution in [-0.4, -0.2) is 12.0 Å². The maximum absolute atomic E-state index is 12.3. The second-order valence-electron chi connectivity index (χ2n) is 3.11. The van der Waals surface area contributed by atoms with Gasteiger partial charge in [0.15, 0.2) is 5.78 Å². The van der Waals surface area contributed by atoms with Crippen LogP contribution in [0.1, 0.15) is 20.8 Å². The van der Waals surface area contributed by atoms with E-state index in [0.717, 1.165) is 0 Å². The molecule has 0 bridgehead atoms. The van der Waals surface area contributed by atoms with E-state index >= 15 is 0 Å². The molecule has 2 nitrogen and oxygen atoms in total. The molecule has 0 heterocycles. The van der Waals surface area contributed by atoms with E-state index in [9.17, 15) is 9.18 Å². The molecule has 0 fully saturated rings. The van der Waals surface area contributed by atoms with Crippen molar-refractivity contribution in [1.29, 1.82) is 5.26 Å². The number of nitriles is 1. The van der Waals surface area contributed by atoms with Crippen molar-refractivity contribution in [2.24, 2.45) is 5.41 Å². The Bertz CT molecular complexity index is 175. The quantitative estimate of drug-likeness (QED) is 0.557. The van der Waals surface area contributed by atoms with Gasteiger partial charge in [-0.15, -0.1) is 0 Å². The number of ketones is 1. The average Bonchev–Trinajstić information content (AvgIpc) is 1.83.